The lowest BCUT2D eigenvalue weighted by molar-refractivity contribution is -0.138. The first-order chi connectivity index (χ1) is 14.6. The molecule has 0 spiro atoms. The quantitative estimate of drug-likeness (QED) is 0.604. The van der Waals surface area contributed by atoms with E-state index in [1.165, 1.54) is 0 Å². The van der Waals surface area contributed by atoms with Crippen molar-refractivity contribution >= 4 is 5.91 Å². The van der Waals surface area contributed by atoms with Crippen molar-refractivity contribution in [1.29, 1.82) is 0 Å². The largest absolute Gasteiger partial charge is 0.493 e. The molecule has 30 heavy (non-hydrogen) atoms. The van der Waals surface area contributed by atoms with Crippen molar-refractivity contribution in [3.63, 3.8) is 0 Å². The van der Waals surface area contributed by atoms with Crippen LogP contribution in [0.15, 0.2) is 30.7 Å². The number of imidazole rings is 1. The first-order valence-electron chi connectivity index (χ1n) is 9.60. The molecule has 1 fully saturated rings. The summed E-state index contributed by atoms with van der Waals surface area (Å²) in [6.45, 7) is 2.40. The molecule has 1 aromatic carbocycles. The minimum Gasteiger partial charge on any atom is -0.493 e. The highest BCUT2D eigenvalue weighted by Crippen LogP contribution is 2.37. The average Bonchev–Trinajstić information content (AvgIpc) is 3.41. The summed E-state index contributed by atoms with van der Waals surface area (Å²) < 4.78 is 18.5. The van der Waals surface area contributed by atoms with Crippen LogP contribution in [0.3, 0.4) is 0 Å². The topological polar surface area (TPSA) is 116 Å². The monoisotopic (exact) mass is 412 g/mol. The fourth-order valence-corrected chi connectivity index (χ4v) is 3.58. The summed E-state index contributed by atoms with van der Waals surface area (Å²) in [6.07, 6.45) is 3.66. The molecule has 4 rings (SSSR count). The van der Waals surface area contributed by atoms with Gasteiger partial charge < -0.3 is 24.5 Å². The van der Waals surface area contributed by atoms with Gasteiger partial charge in [0.2, 0.25) is 5.91 Å². The Morgan fingerprint density at radius 1 is 1.27 bits per heavy atom. The number of methoxy groups -OCH3 is 2. The molecule has 158 valence electrons. The summed E-state index contributed by atoms with van der Waals surface area (Å²) in [4.78, 5) is 23.9. The Labute approximate surface area is 173 Å². The number of aromatic amines is 1. The molecule has 1 saturated heterocycles. The molecule has 0 saturated carbocycles. The van der Waals surface area contributed by atoms with Crippen molar-refractivity contribution in [2.45, 2.75) is 32.0 Å². The summed E-state index contributed by atoms with van der Waals surface area (Å²) in [7, 11) is 3.15. The number of morpholine rings is 1. The third-order valence-corrected chi connectivity index (χ3v) is 4.99. The standard InChI is InChI=1S/C20H24N6O4/c1-12-23-20(26(25-12)7-6-14-9-21-11-22-14)19-18(24-17(27)10-30-19)13-4-5-15(28-2)16(8-13)29-3/h4-5,8-9,11,18-19H,6-7,10H2,1-3H3,(H,21,22)(H,24,27)/t18-,19+/m1/s1. The molecule has 0 radical (unpaired) electrons. The lowest BCUT2D eigenvalue weighted by atomic mass is 9.98. The number of hydrogen-bond donors (Lipinski definition) is 2. The Kier molecular flexibility index (Phi) is 5.66. The number of benzene rings is 1. The smallest absolute Gasteiger partial charge is 0.246 e. The summed E-state index contributed by atoms with van der Waals surface area (Å²) >= 11 is 0. The van der Waals surface area contributed by atoms with E-state index in [2.05, 4.69) is 25.4 Å². The molecular weight excluding hydrogens is 388 g/mol. The zero-order valence-electron chi connectivity index (χ0n) is 17.1. The molecule has 0 aliphatic carbocycles. The van der Waals surface area contributed by atoms with Crippen LogP contribution in [0, 0.1) is 6.92 Å². The lowest BCUT2D eigenvalue weighted by Gasteiger charge is -2.32. The van der Waals surface area contributed by atoms with Gasteiger partial charge in [-0.2, -0.15) is 5.10 Å². The molecule has 3 aromatic rings. The number of rotatable bonds is 7. The van der Waals surface area contributed by atoms with E-state index in [1.807, 2.05) is 23.7 Å². The number of nitrogens with one attached hydrogen (secondary N) is 2. The molecule has 1 amide bonds. The maximum atomic E-state index is 12.1. The number of nitrogens with zero attached hydrogens (tertiary/aromatic N) is 4. The molecular formula is C20H24N6O4. The van der Waals surface area contributed by atoms with Gasteiger partial charge >= 0.3 is 0 Å². The SMILES string of the molecule is COc1ccc([C@H]2NC(=O)CO[C@@H]2c2nc(C)nn2CCc2cnc[nH]2)cc1OC. The summed E-state index contributed by atoms with van der Waals surface area (Å²) in [5, 5.41) is 7.55. The summed E-state index contributed by atoms with van der Waals surface area (Å²) in [5.41, 5.74) is 1.83. The van der Waals surface area contributed by atoms with E-state index >= 15 is 0 Å². The van der Waals surface area contributed by atoms with Crippen molar-refractivity contribution in [1.82, 2.24) is 30.0 Å². The number of carbonyl (C=O) groups excluding carboxylic acids is 1. The van der Waals surface area contributed by atoms with Crippen molar-refractivity contribution in [3.05, 3.63) is 53.6 Å². The molecule has 0 bridgehead atoms. The van der Waals surface area contributed by atoms with Gasteiger partial charge in [0.05, 0.1) is 26.6 Å². The van der Waals surface area contributed by atoms with Gasteiger partial charge in [-0.25, -0.2) is 14.6 Å². The first-order valence-corrected chi connectivity index (χ1v) is 9.60. The van der Waals surface area contributed by atoms with Gasteiger partial charge in [-0.05, 0) is 24.6 Å². The Bertz CT molecular complexity index is 1020. The number of H-pyrrole nitrogens is 1. The first kappa shape index (κ1) is 19.9. The van der Waals surface area contributed by atoms with Gasteiger partial charge in [-0.1, -0.05) is 6.07 Å². The van der Waals surface area contributed by atoms with Gasteiger partial charge in [0.15, 0.2) is 17.3 Å². The molecule has 2 aromatic heterocycles. The van der Waals surface area contributed by atoms with E-state index in [1.54, 1.807) is 32.8 Å². The van der Waals surface area contributed by atoms with Gasteiger partial charge in [-0.3, -0.25) is 4.79 Å². The molecule has 0 unspecified atom stereocenters. The predicted octanol–water partition coefficient (Wildman–Crippen LogP) is 1.50. The predicted molar refractivity (Wildman–Crippen MR) is 106 cm³/mol. The second kappa shape index (κ2) is 8.54. The van der Waals surface area contributed by atoms with Gasteiger partial charge in [-0.15, -0.1) is 0 Å². The molecule has 3 heterocycles. The number of hydrogen-bond acceptors (Lipinski definition) is 7. The van der Waals surface area contributed by atoms with E-state index in [-0.39, 0.29) is 12.5 Å². The Hall–Kier alpha value is -3.40. The molecule has 10 nitrogen and oxygen atoms in total. The van der Waals surface area contributed by atoms with E-state index in [0.29, 0.717) is 29.7 Å². The van der Waals surface area contributed by atoms with Crippen molar-refractivity contribution in [2.75, 3.05) is 20.8 Å². The van der Waals surface area contributed by atoms with Crippen LogP contribution in [0.5, 0.6) is 11.5 Å². The molecule has 1 aliphatic heterocycles. The fourth-order valence-electron chi connectivity index (χ4n) is 3.58. The zero-order chi connectivity index (χ0) is 21.1. The second-order valence-electron chi connectivity index (χ2n) is 6.96. The van der Waals surface area contributed by atoms with Crippen molar-refractivity contribution < 1.29 is 19.0 Å². The minimum absolute atomic E-state index is 0.0408. The van der Waals surface area contributed by atoms with Gasteiger partial charge in [0.25, 0.3) is 0 Å². The third kappa shape index (κ3) is 3.99. The molecule has 10 heteroatoms. The van der Waals surface area contributed by atoms with Crippen LogP contribution in [-0.4, -0.2) is 51.5 Å². The Balaban J connectivity index is 1.66. The normalized spacial score (nSPS) is 18.8. The number of amides is 1. The van der Waals surface area contributed by atoms with Crippen LogP contribution in [-0.2, 0) is 22.5 Å². The molecule has 2 atom stereocenters. The van der Waals surface area contributed by atoms with E-state index in [0.717, 1.165) is 17.7 Å². The highest BCUT2D eigenvalue weighted by molar-refractivity contribution is 5.78. The third-order valence-electron chi connectivity index (χ3n) is 4.99. The van der Waals surface area contributed by atoms with Crippen LogP contribution in [0.1, 0.15) is 35.1 Å². The lowest BCUT2D eigenvalue weighted by Crippen LogP contribution is -2.42. The maximum absolute atomic E-state index is 12.1. The van der Waals surface area contributed by atoms with Crippen LogP contribution in [0.25, 0.3) is 0 Å². The van der Waals surface area contributed by atoms with Crippen molar-refractivity contribution in [2.24, 2.45) is 0 Å². The maximum Gasteiger partial charge on any atom is 0.246 e. The number of ether oxygens (including phenoxy) is 3. The van der Waals surface area contributed by atoms with Crippen molar-refractivity contribution in [3.8, 4) is 11.5 Å². The minimum atomic E-state index is -0.497. The average molecular weight is 412 g/mol. The Morgan fingerprint density at radius 3 is 2.83 bits per heavy atom. The van der Waals surface area contributed by atoms with Crippen LogP contribution in [0.2, 0.25) is 0 Å². The number of aromatic nitrogens is 5. The van der Waals surface area contributed by atoms with Crippen LogP contribution < -0.4 is 14.8 Å². The van der Waals surface area contributed by atoms with Crippen LogP contribution in [0.4, 0.5) is 0 Å². The van der Waals surface area contributed by atoms with Gasteiger partial charge in [0, 0.05) is 24.9 Å². The van der Waals surface area contributed by atoms with E-state index in [4.69, 9.17) is 14.2 Å². The van der Waals surface area contributed by atoms with E-state index < -0.39 is 12.1 Å². The zero-order valence-corrected chi connectivity index (χ0v) is 17.1. The Morgan fingerprint density at radius 2 is 2.10 bits per heavy atom. The van der Waals surface area contributed by atoms with Gasteiger partial charge in [0.1, 0.15) is 18.5 Å². The molecule has 1 aliphatic rings. The van der Waals surface area contributed by atoms with Crippen LogP contribution >= 0.6 is 0 Å². The fraction of sp³-hybridized carbons (Fsp3) is 0.400. The second-order valence-corrected chi connectivity index (χ2v) is 6.96. The summed E-state index contributed by atoms with van der Waals surface area (Å²) in [6, 6.07) is 5.08. The highest BCUT2D eigenvalue weighted by Gasteiger charge is 2.36. The summed E-state index contributed by atoms with van der Waals surface area (Å²) in [5.74, 6) is 2.30. The number of aryl methyl sites for hydroxylation is 3. The number of carbonyl (C=O) groups is 1. The highest BCUT2D eigenvalue weighted by atomic mass is 16.5. The molecule has 2 N–H and O–H groups in total. The van der Waals surface area contributed by atoms with E-state index in [9.17, 15) is 4.79 Å².